The highest BCUT2D eigenvalue weighted by atomic mass is 19.1. The number of amides is 3. The summed E-state index contributed by atoms with van der Waals surface area (Å²) in [5.74, 6) is -0.262. The molecule has 0 N–H and O–H groups in total. The fourth-order valence-electron chi connectivity index (χ4n) is 2.90. The molecule has 0 aromatic heterocycles. The molecule has 0 spiro atoms. The van der Waals surface area contributed by atoms with Crippen molar-refractivity contribution in [2.24, 2.45) is 0 Å². The Kier molecular flexibility index (Phi) is 6.75. The fourth-order valence-corrected chi connectivity index (χ4v) is 2.90. The van der Waals surface area contributed by atoms with Crippen molar-refractivity contribution >= 4 is 11.9 Å². The lowest BCUT2D eigenvalue weighted by Crippen LogP contribution is -2.53. The van der Waals surface area contributed by atoms with E-state index in [1.807, 2.05) is 13.0 Å². The minimum Gasteiger partial charge on any atom is -0.338 e. The molecule has 138 valence electrons. The summed E-state index contributed by atoms with van der Waals surface area (Å²) < 4.78 is 13.3. The van der Waals surface area contributed by atoms with Gasteiger partial charge in [0.25, 0.3) is 0 Å². The molecule has 0 bridgehead atoms. The second kappa shape index (κ2) is 8.80. The molecular weight excluding hydrogens is 323 g/mol. The Morgan fingerprint density at radius 3 is 2.40 bits per heavy atom. The number of hydrogen-bond acceptors (Lipinski definition) is 3. The van der Waals surface area contributed by atoms with E-state index in [1.165, 1.54) is 12.1 Å². The molecular formula is C18H27FN4O2. The van der Waals surface area contributed by atoms with Gasteiger partial charge < -0.3 is 14.7 Å². The van der Waals surface area contributed by atoms with Gasteiger partial charge in [0.2, 0.25) is 5.91 Å². The van der Waals surface area contributed by atoms with Gasteiger partial charge in [0.1, 0.15) is 5.82 Å². The first kappa shape index (κ1) is 19.2. The molecule has 3 amide bonds. The smallest absolute Gasteiger partial charge is 0.319 e. The largest absolute Gasteiger partial charge is 0.338 e. The fraction of sp³-hybridized carbons (Fsp3) is 0.556. The normalized spacial score (nSPS) is 15.1. The van der Waals surface area contributed by atoms with Crippen molar-refractivity contribution in [2.45, 2.75) is 13.5 Å². The van der Waals surface area contributed by atoms with E-state index in [4.69, 9.17) is 0 Å². The topological polar surface area (TPSA) is 47.1 Å². The van der Waals surface area contributed by atoms with Crippen molar-refractivity contribution < 1.29 is 14.0 Å². The maximum absolute atomic E-state index is 13.3. The Morgan fingerprint density at radius 1 is 1.16 bits per heavy atom. The molecule has 0 atom stereocenters. The van der Waals surface area contributed by atoms with Crippen LogP contribution in [0.2, 0.25) is 0 Å². The van der Waals surface area contributed by atoms with E-state index >= 15 is 0 Å². The minimum atomic E-state index is -0.289. The quantitative estimate of drug-likeness (QED) is 0.808. The average molecular weight is 350 g/mol. The van der Waals surface area contributed by atoms with Crippen LogP contribution in [-0.2, 0) is 11.3 Å². The molecule has 0 aliphatic carbocycles. The van der Waals surface area contributed by atoms with Crippen LogP contribution in [0.4, 0.5) is 9.18 Å². The van der Waals surface area contributed by atoms with Crippen molar-refractivity contribution in [2.75, 3.05) is 53.4 Å². The third-order valence-corrected chi connectivity index (χ3v) is 4.38. The van der Waals surface area contributed by atoms with Crippen LogP contribution >= 0.6 is 0 Å². The van der Waals surface area contributed by atoms with Gasteiger partial charge in [0.15, 0.2) is 0 Å². The predicted octanol–water partition coefficient (Wildman–Crippen LogP) is 1.47. The number of piperazine rings is 1. The van der Waals surface area contributed by atoms with E-state index in [1.54, 1.807) is 34.9 Å². The van der Waals surface area contributed by atoms with Gasteiger partial charge in [-0.25, -0.2) is 9.18 Å². The first-order valence-electron chi connectivity index (χ1n) is 8.61. The van der Waals surface area contributed by atoms with Crippen LogP contribution < -0.4 is 0 Å². The van der Waals surface area contributed by atoms with E-state index in [9.17, 15) is 14.0 Å². The predicted molar refractivity (Wildman–Crippen MR) is 94.6 cm³/mol. The molecule has 0 radical (unpaired) electrons. The highest BCUT2D eigenvalue weighted by molar-refractivity contribution is 5.78. The molecule has 25 heavy (non-hydrogen) atoms. The summed E-state index contributed by atoms with van der Waals surface area (Å²) in [5, 5.41) is 0. The van der Waals surface area contributed by atoms with Gasteiger partial charge in [-0.3, -0.25) is 9.69 Å². The molecule has 1 fully saturated rings. The molecule has 2 rings (SSSR count). The second-order valence-corrected chi connectivity index (χ2v) is 6.48. The maximum atomic E-state index is 13.3. The van der Waals surface area contributed by atoms with Crippen LogP contribution in [0, 0.1) is 5.82 Å². The average Bonchev–Trinajstić information content (AvgIpc) is 2.59. The lowest BCUT2D eigenvalue weighted by Gasteiger charge is -2.36. The van der Waals surface area contributed by atoms with Crippen molar-refractivity contribution in [3.05, 3.63) is 35.6 Å². The molecule has 7 heteroatoms. The molecule has 1 saturated heterocycles. The standard InChI is InChI=1S/C18H27FN4O2/c1-4-22(13-15-6-5-7-16(19)12-15)17(24)14-21-8-10-23(11-9-21)18(25)20(2)3/h5-7,12H,4,8-11,13-14H2,1-3H3. The van der Waals surface area contributed by atoms with Gasteiger partial charge in [-0.05, 0) is 24.6 Å². The summed E-state index contributed by atoms with van der Waals surface area (Å²) in [4.78, 5) is 31.7. The van der Waals surface area contributed by atoms with Crippen molar-refractivity contribution in [1.29, 1.82) is 0 Å². The van der Waals surface area contributed by atoms with E-state index < -0.39 is 0 Å². The van der Waals surface area contributed by atoms with E-state index in [0.29, 0.717) is 45.8 Å². The lowest BCUT2D eigenvalue weighted by molar-refractivity contribution is -0.133. The number of nitrogens with zero attached hydrogens (tertiary/aromatic N) is 4. The van der Waals surface area contributed by atoms with Crippen molar-refractivity contribution in [3.8, 4) is 0 Å². The highest BCUT2D eigenvalue weighted by Crippen LogP contribution is 2.09. The number of urea groups is 1. The SMILES string of the molecule is CCN(Cc1cccc(F)c1)C(=O)CN1CCN(C(=O)N(C)C)CC1. The van der Waals surface area contributed by atoms with Crippen LogP contribution in [0.1, 0.15) is 12.5 Å². The van der Waals surface area contributed by atoms with Crippen LogP contribution in [0.5, 0.6) is 0 Å². The monoisotopic (exact) mass is 350 g/mol. The number of halogens is 1. The summed E-state index contributed by atoms with van der Waals surface area (Å²) in [6.07, 6.45) is 0. The van der Waals surface area contributed by atoms with Gasteiger partial charge in [-0.1, -0.05) is 12.1 Å². The Bertz CT molecular complexity index is 600. The molecule has 0 unspecified atom stereocenters. The van der Waals surface area contributed by atoms with Gasteiger partial charge in [0.05, 0.1) is 6.54 Å². The summed E-state index contributed by atoms with van der Waals surface area (Å²) in [6, 6.07) is 6.35. The third-order valence-electron chi connectivity index (χ3n) is 4.38. The molecule has 1 heterocycles. The Balaban J connectivity index is 1.85. The van der Waals surface area contributed by atoms with Gasteiger partial charge in [-0.15, -0.1) is 0 Å². The Labute approximate surface area is 148 Å². The number of carbonyl (C=O) groups excluding carboxylic acids is 2. The van der Waals surface area contributed by atoms with E-state index in [0.717, 1.165) is 5.56 Å². The summed E-state index contributed by atoms with van der Waals surface area (Å²) in [7, 11) is 3.48. The summed E-state index contributed by atoms with van der Waals surface area (Å²) in [5.41, 5.74) is 0.789. The van der Waals surface area contributed by atoms with Gasteiger partial charge in [-0.2, -0.15) is 0 Å². The molecule has 1 aliphatic heterocycles. The number of rotatable bonds is 5. The lowest BCUT2D eigenvalue weighted by atomic mass is 10.2. The first-order valence-corrected chi connectivity index (χ1v) is 8.61. The molecule has 0 saturated carbocycles. The molecule has 1 aliphatic rings. The van der Waals surface area contributed by atoms with Crippen LogP contribution in [0.25, 0.3) is 0 Å². The Morgan fingerprint density at radius 2 is 1.84 bits per heavy atom. The van der Waals surface area contributed by atoms with Gasteiger partial charge >= 0.3 is 6.03 Å². The third kappa shape index (κ3) is 5.42. The van der Waals surface area contributed by atoms with E-state index in [2.05, 4.69) is 4.90 Å². The Hall–Kier alpha value is -2.15. The maximum Gasteiger partial charge on any atom is 0.319 e. The molecule has 1 aromatic rings. The zero-order valence-electron chi connectivity index (χ0n) is 15.2. The van der Waals surface area contributed by atoms with Crippen LogP contribution in [0.3, 0.4) is 0 Å². The van der Waals surface area contributed by atoms with Crippen molar-refractivity contribution in [1.82, 2.24) is 19.6 Å². The van der Waals surface area contributed by atoms with Crippen LogP contribution in [0.15, 0.2) is 24.3 Å². The number of likely N-dealkylation sites (N-methyl/N-ethyl adjacent to an activating group) is 1. The van der Waals surface area contributed by atoms with Crippen LogP contribution in [-0.4, -0.2) is 84.9 Å². The number of carbonyl (C=O) groups is 2. The summed E-state index contributed by atoms with van der Waals surface area (Å²) >= 11 is 0. The second-order valence-electron chi connectivity index (χ2n) is 6.48. The van der Waals surface area contributed by atoms with E-state index in [-0.39, 0.29) is 17.8 Å². The van der Waals surface area contributed by atoms with Gasteiger partial charge in [0, 0.05) is 53.4 Å². The number of hydrogen-bond donors (Lipinski definition) is 0. The zero-order chi connectivity index (χ0) is 18.4. The highest BCUT2D eigenvalue weighted by Gasteiger charge is 2.24. The van der Waals surface area contributed by atoms with Crippen molar-refractivity contribution in [3.63, 3.8) is 0 Å². The zero-order valence-corrected chi connectivity index (χ0v) is 15.2. The molecule has 1 aromatic carbocycles. The summed E-state index contributed by atoms with van der Waals surface area (Å²) in [6.45, 7) is 5.85. The number of benzene rings is 1. The molecule has 6 nitrogen and oxygen atoms in total. The minimum absolute atomic E-state index is 0.00673. The first-order chi connectivity index (χ1) is 11.9.